The fourth-order valence-corrected chi connectivity index (χ4v) is 3.18. The molecule has 162 valence electrons. The van der Waals surface area contributed by atoms with Gasteiger partial charge >= 0.3 is 6.18 Å². The molecule has 4 nitrogen and oxygen atoms in total. The Bertz CT molecular complexity index is 1040. The monoisotopic (exact) mass is 448 g/mol. The summed E-state index contributed by atoms with van der Waals surface area (Å²) in [6.45, 7) is 0.334. The first-order valence-corrected chi connectivity index (χ1v) is 9.74. The number of hydrogen-bond donors (Lipinski definition) is 2. The van der Waals surface area contributed by atoms with E-state index in [0.717, 1.165) is 23.8 Å². The van der Waals surface area contributed by atoms with Crippen molar-refractivity contribution < 1.29 is 22.7 Å². The number of anilines is 1. The maximum Gasteiger partial charge on any atom is 0.416 e. The molecule has 3 aromatic carbocycles. The number of ether oxygens (including phenoxy) is 1. The Morgan fingerprint density at radius 3 is 2.45 bits per heavy atom. The van der Waals surface area contributed by atoms with Crippen molar-refractivity contribution >= 4 is 23.2 Å². The van der Waals surface area contributed by atoms with Crippen molar-refractivity contribution in [2.75, 3.05) is 12.4 Å². The van der Waals surface area contributed by atoms with E-state index in [1.54, 1.807) is 37.4 Å². The number of carbonyl (C=O) groups is 1. The minimum Gasteiger partial charge on any atom is -0.497 e. The lowest BCUT2D eigenvalue weighted by molar-refractivity contribution is -0.137. The van der Waals surface area contributed by atoms with Crippen LogP contribution in [0.2, 0.25) is 5.02 Å². The lowest BCUT2D eigenvalue weighted by Gasteiger charge is -2.20. The smallest absolute Gasteiger partial charge is 0.416 e. The fraction of sp³-hybridized carbons (Fsp3) is 0.174. The van der Waals surface area contributed by atoms with E-state index in [1.165, 1.54) is 0 Å². The van der Waals surface area contributed by atoms with Crippen LogP contribution in [-0.2, 0) is 17.5 Å². The molecule has 0 saturated heterocycles. The van der Waals surface area contributed by atoms with Crippen molar-refractivity contribution in [3.05, 3.63) is 94.5 Å². The molecule has 3 rings (SSSR count). The van der Waals surface area contributed by atoms with Crippen LogP contribution < -0.4 is 15.4 Å². The Hall–Kier alpha value is -3.03. The molecule has 3 aromatic rings. The van der Waals surface area contributed by atoms with Crippen molar-refractivity contribution in [1.29, 1.82) is 0 Å². The van der Waals surface area contributed by atoms with Crippen molar-refractivity contribution in [2.45, 2.75) is 18.8 Å². The predicted molar refractivity (Wildman–Crippen MR) is 114 cm³/mol. The van der Waals surface area contributed by atoms with Gasteiger partial charge in [0, 0.05) is 6.54 Å². The molecule has 1 amide bonds. The van der Waals surface area contributed by atoms with Gasteiger partial charge < -0.3 is 10.1 Å². The third-order valence-electron chi connectivity index (χ3n) is 4.59. The Morgan fingerprint density at radius 2 is 1.77 bits per heavy atom. The van der Waals surface area contributed by atoms with Gasteiger partial charge in [-0.25, -0.2) is 0 Å². The predicted octanol–water partition coefficient (Wildman–Crippen LogP) is 5.84. The molecule has 0 aromatic heterocycles. The zero-order valence-corrected chi connectivity index (χ0v) is 17.3. The molecular formula is C23H20ClF3N2O2. The number of nitrogens with one attached hydrogen (secondary N) is 2. The van der Waals surface area contributed by atoms with Gasteiger partial charge in [0.1, 0.15) is 11.8 Å². The van der Waals surface area contributed by atoms with Gasteiger partial charge in [0.2, 0.25) is 5.91 Å². The average molecular weight is 449 g/mol. The molecule has 0 fully saturated rings. The summed E-state index contributed by atoms with van der Waals surface area (Å²) in [5.74, 6) is 0.145. The molecule has 0 saturated carbocycles. The van der Waals surface area contributed by atoms with Crippen LogP contribution in [0.5, 0.6) is 5.75 Å². The second kappa shape index (κ2) is 9.85. The number of alkyl halides is 3. The molecule has 1 unspecified atom stereocenters. The number of methoxy groups -OCH3 is 1. The maximum atomic E-state index is 13.1. The Balaban J connectivity index is 1.83. The summed E-state index contributed by atoms with van der Waals surface area (Å²) in [6, 6.07) is 18.2. The molecule has 0 spiro atoms. The minimum absolute atomic E-state index is 0.0148. The third kappa shape index (κ3) is 5.99. The Morgan fingerprint density at radius 1 is 1.03 bits per heavy atom. The van der Waals surface area contributed by atoms with Crippen LogP contribution in [0.3, 0.4) is 0 Å². The van der Waals surface area contributed by atoms with Crippen molar-refractivity contribution in [1.82, 2.24) is 5.32 Å². The highest BCUT2D eigenvalue weighted by atomic mass is 35.5. The third-order valence-corrected chi connectivity index (χ3v) is 4.92. The first-order chi connectivity index (χ1) is 14.8. The topological polar surface area (TPSA) is 50.4 Å². The molecule has 0 radical (unpaired) electrons. The molecule has 8 heteroatoms. The molecule has 31 heavy (non-hydrogen) atoms. The van der Waals surface area contributed by atoms with Crippen LogP contribution >= 0.6 is 11.6 Å². The van der Waals surface area contributed by atoms with Crippen molar-refractivity contribution in [2.24, 2.45) is 0 Å². The summed E-state index contributed by atoms with van der Waals surface area (Å²) in [5, 5.41) is 5.69. The normalized spacial score (nSPS) is 12.3. The SMILES string of the molecule is COc1cccc(CNC(C(=O)Nc2cc(C(F)(F)F)ccc2Cl)c2ccccc2)c1. The number of hydrogen-bond acceptors (Lipinski definition) is 3. The number of benzene rings is 3. The van der Waals surface area contributed by atoms with Crippen LogP contribution in [0.1, 0.15) is 22.7 Å². The van der Waals surface area contributed by atoms with E-state index in [-0.39, 0.29) is 10.7 Å². The van der Waals surface area contributed by atoms with E-state index in [2.05, 4.69) is 10.6 Å². The summed E-state index contributed by atoms with van der Waals surface area (Å²) < 4.78 is 44.4. The van der Waals surface area contributed by atoms with Gasteiger partial charge in [-0.2, -0.15) is 13.2 Å². The summed E-state index contributed by atoms with van der Waals surface area (Å²) in [7, 11) is 1.56. The second-order valence-corrected chi connectivity index (χ2v) is 7.16. The van der Waals surface area contributed by atoms with Crippen LogP contribution in [-0.4, -0.2) is 13.0 Å². The zero-order chi connectivity index (χ0) is 22.4. The van der Waals surface area contributed by atoms with Crippen LogP contribution in [0.15, 0.2) is 72.8 Å². The number of halogens is 4. The molecule has 0 bridgehead atoms. The van der Waals surface area contributed by atoms with Crippen LogP contribution in [0, 0.1) is 0 Å². The van der Waals surface area contributed by atoms with Gasteiger partial charge in [0.05, 0.1) is 23.4 Å². The largest absolute Gasteiger partial charge is 0.497 e. The van der Waals surface area contributed by atoms with Gasteiger partial charge in [0.15, 0.2) is 0 Å². The quantitative estimate of drug-likeness (QED) is 0.477. The van der Waals surface area contributed by atoms with Gasteiger partial charge in [0.25, 0.3) is 0 Å². The van der Waals surface area contributed by atoms with E-state index in [1.807, 2.05) is 24.3 Å². The summed E-state index contributed by atoms with van der Waals surface area (Å²) in [5.41, 5.74) is 0.537. The van der Waals surface area contributed by atoms with Gasteiger partial charge in [-0.1, -0.05) is 54.1 Å². The Labute approximate surface area is 183 Å². The fourth-order valence-electron chi connectivity index (χ4n) is 3.01. The van der Waals surface area contributed by atoms with Gasteiger partial charge in [-0.3, -0.25) is 10.1 Å². The number of amides is 1. The van der Waals surface area contributed by atoms with Crippen LogP contribution in [0.25, 0.3) is 0 Å². The first kappa shape index (κ1) is 22.7. The lowest BCUT2D eigenvalue weighted by Crippen LogP contribution is -2.33. The summed E-state index contributed by atoms with van der Waals surface area (Å²) >= 11 is 6.03. The van der Waals surface area contributed by atoms with E-state index >= 15 is 0 Å². The summed E-state index contributed by atoms with van der Waals surface area (Å²) in [6.07, 6.45) is -4.55. The molecular weight excluding hydrogens is 429 g/mol. The molecule has 0 heterocycles. The molecule has 0 aliphatic heterocycles. The average Bonchev–Trinajstić information content (AvgIpc) is 2.75. The van der Waals surface area contributed by atoms with E-state index in [0.29, 0.717) is 17.9 Å². The first-order valence-electron chi connectivity index (χ1n) is 9.37. The van der Waals surface area contributed by atoms with Crippen molar-refractivity contribution in [3.8, 4) is 5.75 Å². The minimum atomic E-state index is -4.55. The van der Waals surface area contributed by atoms with E-state index in [4.69, 9.17) is 16.3 Å². The van der Waals surface area contributed by atoms with Gasteiger partial charge in [-0.05, 0) is 41.5 Å². The highest BCUT2D eigenvalue weighted by Gasteiger charge is 2.31. The Kier molecular flexibility index (Phi) is 7.20. The maximum absolute atomic E-state index is 13.1. The van der Waals surface area contributed by atoms with E-state index < -0.39 is 23.7 Å². The van der Waals surface area contributed by atoms with Crippen LogP contribution in [0.4, 0.5) is 18.9 Å². The highest BCUT2D eigenvalue weighted by molar-refractivity contribution is 6.33. The highest BCUT2D eigenvalue weighted by Crippen LogP contribution is 2.34. The van der Waals surface area contributed by atoms with E-state index in [9.17, 15) is 18.0 Å². The number of carbonyl (C=O) groups excluding carboxylic acids is 1. The molecule has 2 N–H and O–H groups in total. The second-order valence-electron chi connectivity index (χ2n) is 6.76. The summed E-state index contributed by atoms with van der Waals surface area (Å²) in [4.78, 5) is 13.0. The zero-order valence-electron chi connectivity index (χ0n) is 16.5. The van der Waals surface area contributed by atoms with Gasteiger partial charge in [-0.15, -0.1) is 0 Å². The standard InChI is InChI=1S/C23H20ClF3N2O2/c1-31-18-9-5-6-15(12-18)14-28-21(16-7-3-2-4-8-16)22(30)29-20-13-17(23(25,26)27)10-11-19(20)24/h2-13,21,28H,14H2,1H3,(H,29,30). The lowest BCUT2D eigenvalue weighted by atomic mass is 10.0. The molecule has 1 atom stereocenters. The molecule has 0 aliphatic rings. The number of rotatable bonds is 7. The molecule has 0 aliphatic carbocycles. The van der Waals surface area contributed by atoms with Crippen molar-refractivity contribution in [3.63, 3.8) is 0 Å².